The average Bonchev–Trinajstić information content (AvgIpc) is 2.99. The van der Waals surface area contributed by atoms with Crippen LogP contribution in [0.25, 0.3) is 0 Å². The van der Waals surface area contributed by atoms with Crippen LogP contribution < -0.4 is 10.6 Å². The van der Waals surface area contributed by atoms with Gasteiger partial charge in [0.25, 0.3) is 5.24 Å². The maximum Gasteiger partial charge on any atom is 0.354 e. The van der Waals surface area contributed by atoms with Crippen LogP contribution >= 0.6 is 23.5 Å². The Bertz CT molecular complexity index is 725. The monoisotopic (exact) mass is 381 g/mol. The number of aliphatic carboxylic acids is 1. The lowest BCUT2D eigenvalue weighted by Crippen LogP contribution is -2.53. The van der Waals surface area contributed by atoms with Crippen molar-refractivity contribution in [1.29, 1.82) is 0 Å². The number of aromatic nitrogens is 1. The van der Waals surface area contributed by atoms with Gasteiger partial charge in [-0.25, -0.2) is 9.59 Å². The van der Waals surface area contributed by atoms with E-state index in [9.17, 15) is 19.5 Å². The van der Waals surface area contributed by atoms with Gasteiger partial charge in [-0.1, -0.05) is 11.8 Å². The molecule has 8 nitrogen and oxygen atoms in total. The Hall–Kier alpha value is -2.20. The molecule has 2 aliphatic rings. The van der Waals surface area contributed by atoms with Gasteiger partial charge in [0.05, 0.1) is 0 Å². The molecule has 0 spiro atoms. The summed E-state index contributed by atoms with van der Waals surface area (Å²) in [6.45, 7) is 0.229. The zero-order valence-electron chi connectivity index (χ0n) is 12.9. The molecule has 3 rings (SSSR count). The van der Waals surface area contributed by atoms with Gasteiger partial charge in [0.15, 0.2) is 6.04 Å². The van der Waals surface area contributed by atoms with Crippen molar-refractivity contribution in [3.05, 3.63) is 41.4 Å². The number of pyridine rings is 1. The first-order chi connectivity index (χ1) is 12.0. The Balaban J connectivity index is 1.59. The Morgan fingerprint density at radius 1 is 1.48 bits per heavy atom. The highest BCUT2D eigenvalue weighted by Crippen LogP contribution is 2.29. The van der Waals surface area contributed by atoms with Crippen molar-refractivity contribution in [2.24, 2.45) is 0 Å². The highest BCUT2D eigenvalue weighted by molar-refractivity contribution is 8.12. The molecule has 1 aromatic rings. The van der Waals surface area contributed by atoms with Crippen molar-refractivity contribution in [3.8, 4) is 0 Å². The normalized spacial score (nSPS) is 20.3. The lowest BCUT2D eigenvalue weighted by molar-refractivity contribution is -0.140. The lowest BCUT2D eigenvalue weighted by atomic mass is 10.2. The highest BCUT2D eigenvalue weighted by atomic mass is 32.2. The standard InChI is InChI=1S/C15H15N3O5S2/c19-13(20)11(12-17-10-9(7-24-12)5-23-14(10)21)18-15(22)25-6-8-1-3-16-4-2-8/h1-4,11-12,17H,5-7H2,(H,18,22)(H,19,20). The summed E-state index contributed by atoms with van der Waals surface area (Å²) >= 11 is 2.30. The molecule has 25 heavy (non-hydrogen) atoms. The van der Waals surface area contributed by atoms with Gasteiger partial charge in [0, 0.05) is 29.5 Å². The molecule has 1 amide bonds. The Morgan fingerprint density at radius 2 is 2.24 bits per heavy atom. The summed E-state index contributed by atoms with van der Waals surface area (Å²) in [6, 6.07) is 2.41. The number of cyclic esters (lactones) is 1. The molecule has 3 N–H and O–H groups in total. The highest BCUT2D eigenvalue weighted by Gasteiger charge is 2.38. The van der Waals surface area contributed by atoms with Gasteiger partial charge < -0.3 is 20.5 Å². The number of nitrogens with one attached hydrogen (secondary N) is 2. The van der Waals surface area contributed by atoms with Crippen LogP contribution in [0.15, 0.2) is 35.8 Å². The molecule has 0 saturated carbocycles. The zero-order chi connectivity index (χ0) is 17.8. The fourth-order valence-electron chi connectivity index (χ4n) is 2.33. The second kappa shape index (κ2) is 7.79. The lowest BCUT2D eigenvalue weighted by Gasteiger charge is -2.29. The van der Waals surface area contributed by atoms with Gasteiger partial charge in [0.2, 0.25) is 0 Å². The number of carbonyl (C=O) groups excluding carboxylic acids is 2. The number of thioether (sulfide) groups is 2. The Kier molecular flexibility index (Phi) is 5.49. The molecular weight excluding hydrogens is 366 g/mol. The number of ether oxygens (including phenoxy) is 1. The van der Waals surface area contributed by atoms with E-state index in [4.69, 9.17) is 4.74 Å². The van der Waals surface area contributed by atoms with Gasteiger partial charge in [0.1, 0.15) is 17.7 Å². The van der Waals surface area contributed by atoms with Crippen LogP contribution in [0, 0.1) is 0 Å². The third-order valence-electron chi connectivity index (χ3n) is 3.62. The number of nitrogens with zero attached hydrogens (tertiary/aromatic N) is 1. The first-order valence-electron chi connectivity index (χ1n) is 7.37. The molecule has 0 radical (unpaired) electrons. The van der Waals surface area contributed by atoms with Crippen molar-refractivity contribution < 1.29 is 24.2 Å². The van der Waals surface area contributed by atoms with E-state index in [1.165, 1.54) is 11.8 Å². The predicted molar refractivity (Wildman–Crippen MR) is 92.9 cm³/mol. The number of rotatable bonds is 5. The molecule has 10 heteroatoms. The molecule has 2 unspecified atom stereocenters. The molecule has 2 atom stereocenters. The molecule has 132 valence electrons. The average molecular weight is 381 g/mol. The molecule has 0 saturated heterocycles. The van der Waals surface area contributed by atoms with Crippen LogP contribution in [-0.2, 0) is 20.1 Å². The maximum atomic E-state index is 12.1. The SMILES string of the molecule is O=C(NC(C(=O)O)C1NC2=C(COC2=O)CS1)SCc1ccncc1. The van der Waals surface area contributed by atoms with Crippen LogP contribution in [0.3, 0.4) is 0 Å². The van der Waals surface area contributed by atoms with E-state index in [1.807, 2.05) is 0 Å². The van der Waals surface area contributed by atoms with Gasteiger partial charge >= 0.3 is 11.9 Å². The topological polar surface area (TPSA) is 118 Å². The molecule has 0 aliphatic carbocycles. The van der Waals surface area contributed by atoms with Crippen LogP contribution in [-0.4, -0.2) is 51.0 Å². The summed E-state index contributed by atoms with van der Waals surface area (Å²) in [5.74, 6) is -0.753. The van der Waals surface area contributed by atoms with E-state index >= 15 is 0 Å². The fourth-order valence-corrected chi connectivity index (χ4v) is 4.22. The minimum atomic E-state index is -1.17. The van der Waals surface area contributed by atoms with E-state index in [-0.39, 0.29) is 6.61 Å². The minimum Gasteiger partial charge on any atom is -0.480 e. The first kappa shape index (κ1) is 17.6. The largest absolute Gasteiger partial charge is 0.480 e. The van der Waals surface area contributed by atoms with E-state index < -0.39 is 28.6 Å². The van der Waals surface area contributed by atoms with Crippen molar-refractivity contribution >= 4 is 40.7 Å². The van der Waals surface area contributed by atoms with Crippen LogP contribution in [0.2, 0.25) is 0 Å². The Morgan fingerprint density at radius 3 is 2.96 bits per heavy atom. The number of esters is 1. The zero-order valence-corrected chi connectivity index (χ0v) is 14.6. The van der Waals surface area contributed by atoms with E-state index in [0.29, 0.717) is 17.2 Å². The fraction of sp³-hybridized carbons (Fsp3) is 0.333. The van der Waals surface area contributed by atoms with Gasteiger partial charge in [-0.2, -0.15) is 0 Å². The van der Waals surface area contributed by atoms with Crippen LogP contribution in [0.1, 0.15) is 5.56 Å². The molecular formula is C15H15N3O5S2. The number of hydrogen-bond donors (Lipinski definition) is 3. The van der Waals surface area contributed by atoms with Crippen molar-refractivity contribution in [3.63, 3.8) is 0 Å². The van der Waals surface area contributed by atoms with Crippen molar-refractivity contribution in [1.82, 2.24) is 15.6 Å². The Labute approximate surface area is 151 Å². The number of hydrogen-bond acceptors (Lipinski definition) is 8. The summed E-state index contributed by atoms with van der Waals surface area (Å²) in [6.07, 6.45) is 3.25. The number of carboxylic acids is 1. The molecule has 1 aromatic heterocycles. The maximum absolute atomic E-state index is 12.1. The second-order valence-electron chi connectivity index (χ2n) is 5.32. The molecule has 0 fully saturated rings. The number of carboxylic acid groups (broad SMARTS) is 1. The van der Waals surface area contributed by atoms with Crippen molar-refractivity contribution in [2.45, 2.75) is 17.2 Å². The second-order valence-corrected chi connectivity index (χ2v) is 7.40. The molecule has 0 aromatic carbocycles. The molecule has 0 bridgehead atoms. The smallest absolute Gasteiger partial charge is 0.354 e. The third kappa shape index (κ3) is 4.26. The third-order valence-corrected chi connectivity index (χ3v) is 5.74. The quantitative estimate of drug-likeness (QED) is 0.641. The van der Waals surface area contributed by atoms with Crippen LogP contribution in [0.4, 0.5) is 4.79 Å². The first-order valence-corrected chi connectivity index (χ1v) is 9.40. The van der Waals surface area contributed by atoms with Crippen molar-refractivity contribution in [2.75, 3.05) is 12.4 Å². The van der Waals surface area contributed by atoms with Gasteiger partial charge in [-0.15, -0.1) is 11.8 Å². The van der Waals surface area contributed by atoms with Gasteiger partial charge in [-0.05, 0) is 17.7 Å². The summed E-state index contributed by atoms with van der Waals surface area (Å²) in [5, 5.41) is 13.7. The number of carbonyl (C=O) groups is 3. The molecule has 2 aliphatic heterocycles. The summed E-state index contributed by atoms with van der Waals surface area (Å²) < 4.78 is 4.92. The summed E-state index contributed by atoms with van der Waals surface area (Å²) in [7, 11) is 0. The molecule has 3 heterocycles. The predicted octanol–water partition coefficient (Wildman–Crippen LogP) is 0.951. The summed E-state index contributed by atoms with van der Waals surface area (Å²) in [5.41, 5.74) is 2.04. The van der Waals surface area contributed by atoms with E-state index in [0.717, 1.165) is 22.9 Å². The minimum absolute atomic E-state index is 0.229. The number of amides is 1. The van der Waals surface area contributed by atoms with Gasteiger partial charge in [-0.3, -0.25) is 9.78 Å². The van der Waals surface area contributed by atoms with E-state index in [1.54, 1.807) is 24.5 Å². The van der Waals surface area contributed by atoms with E-state index in [2.05, 4.69) is 15.6 Å². The summed E-state index contributed by atoms with van der Waals surface area (Å²) in [4.78, 5) is 39.2. The van der Waals surface area contributed by atoms with Crippen LogP contribution in [0.5, 0.6) is 0 Å².